The Morgan fingerprint density at radius 2 is 2.29 bits per heavy atom. The number of aromatic nitrogens is 2. The Labute approximate surface area is 107 Å². The molecule has 0 spiro atoms. The molecule has 0 saturated heterocycles. The van der Waals surface area contributed by atoms with Gasteiger partial charge in [-0.1, -0.05) is 15.9 Å². The predicted molar refractivity (Wildman–Crippen MR) is 70.0 cm³/mol. The SMILES string of the molecule is CC(O)CCn1cnc2ccc(Br)cc2c1=O. The number of aliphatic hydroxyl groups excluding tert-OH is 1. The minimum absolute atomic E-state index is 0.0723. The van der Waals surface area contributed by atoms with Crippen molar-refractivity contribution >= 4 is 26.8 Å². The summed E-state index contributed by atoms with van der Waals surface area (Å²) in [6, 6.07) is 5.43. The van der Waals surface area contributed by atoms with E-state index in [4.69, 9.17) is 0 Å². The highest BCUT2D eigenvalue weighted by Gasteiger charge is 2.05. The lowest BCUT2D eigenvalue weighted by atomic mass is 10.2. The zero-order chi connectivity index (χ0) is 12.4. The van der Waals surface area contributed by atoms with Crippen LogP contribution in [0.3, 0.4) is 0 Å². The Morgan fingerprint density at radius 1 is 1.53 bits per heavy atom. The lowest BCUT2D eigenvalue weighted by Gasteiger charge is -2.08. The maximum atomic E-state index is 12.1. The lowest BCUT2D eigenvalue weighted by Crippen LogP contribution is -2.22. The maximum absolute atomic E-state index is 12.1. The van der Waals surface area contributed by atoms with Crippen LogP contribution in [0.25, 0.3) is 10.9 Å². The number of nitrogens with zero attached hydrogens (tertiary/aromatic N) is 2. The second kappa shape index (κ2) is 4.98. The third-order valence-electron chi connectivity index (χ3n) is 2.57. The van der Waals surface area contributed by atoms with E-state index < -0.39 is 6.10 Å². The summed E-state index contributed by atoms with van der Waals surface area (Å²) < 4.78 is 2.39. The van der Waals surface area contributed by atoms with Crippen molar-refractivity contribution in [3.05, 3.63) is 39.4 Å². The van der Waals surface area contributed by atoms with Gasteiger partial charge in [-0.15, -0.1) is 0 Å². The van der Waals surface area contributed by atoms with Gasteiger partial charge >= 0.3 is 0 Å². The van der Waals surface area contributed by atoms with Gasteiger partial charge in [0.05, 0.1) is 23.3 Å². The summed E-state index contributed by atoms with van der Waals surface area (Å²) in [5.41, 5.74) is 0.614. The first-order chi connectivity index (χ1) is 8.08. The van der Waals surface area contributed by atoms with Gasteiger partial charge in [-0.3, -0.25) is 9.36 Å². The molecule has 90 valence electrons. The number of aryl methyl sites for hydroxylation is 1. The van der Waals surface area contributed by atoms with Gasteiger partial charge in [0, 0.05) is 11.0 Å². The van der Waals surface area contributed by atoms with Gasteiger partial charge in [0.25, 0.3) is 5.56 Å². The number of benzene rings is 1. The van der Waals surface area contributed by atoms with Gasteiger partial charge in [0.15, 0.2) is 0 Å². The van der Waals surface area contributed by atoms with Crippen LogP contribution in [0.4, 0.5) is 0 Å². The standard InChI is InChI=1S/C12H13BrN2O2/c1-8(16)4-5-15-7-14-11-3-2-9(13)6-10(11)12(15)17/h2-3,6-8,16H,4-5H2,1H3. The molecule has 0 aliphatic rings. The lowest BCUT2D eigenvalue weighted by molar-refractivity contribution is 0.177. The van der Waals surface area contributed by atoms with Crippen LogP contribution < -0.4 is 5.56 Å². The zero-order valence-electron chi connectivity index (χ0n) is 9.43. The molecule has 2 rings (SSSR count). The van der Waals surface area contributed by atoms with Crippen LogP contribution in [0.1, 0.15) is 13.3 Å². The van der Waals surface area contributed by atoms with Crippen molar-refractivity contribution in [2.75, 3.05) is 0 Å². The Morgan fingerprint density at radius 3 is 3.00 bits per heavy atom. The summed E-state index contributed by atoms with van der Waals surface area (Å²) in [6.07, 6.45) is 1.65. The van der Waals surface area contributed by atoms with Crippen molar-refractivity contribution in [3.8, 4) is 0 Å². The molecule has 5 heteroatoms. The monoisotopic (exact) mass is 296 g/mol. The second-order valence-electron chi connectivity index (χ2n) is 4.04. The van der Waals surface area contributed by atoms with Gasteiger partial charge in [-0.25, -0.2) is 4.98 Å². The normalized spacial score (nSPS) is 12.9. The average Bonchev–Trinajstić information content (AvgIpc) is 2.29. The maximum Gasteiger partial charge on any atom is 0.261 e. The van der Waals surface area contributed by atoms with Crippen molar-refractivity contribution in [1.29, 1.82) is 0 Å². The molecule has 1 atom stereocenters. The van der Waals surface area contributed by atoms with Gasteiger partial charge < -0.3 is 5.11 Å². The van der Waals surface area contributed by atoms with Crippen LogP contribution in [-0.4, -0.2) is 20.8 Å². The van der Waals surface area contributed by atoms with E-state index in [0.29, 0.717) is 23.9 Å². The highest BCUT2D eigenvalue weighted by molar-refractivity contribution is 9.10. The van der Waals surface area contributed by atoms with Crippen LogP contribution in [-0.2, 0) is 6.54 Å². The van der Waals surface area contributed by atoms with Crippen molar-refractivity contribution in [2.24, 2.45) is 0 Å². The molecule has 1 aromatic carbocycles. The summed E-state index contributed by atoms with van der Waals surface area (Å²) >= 11 is 3.34. The third kappa shape index (κ3) is 2.73. The van der Waals surface area contributed by atoms with E-state index >= 15 is 0 Å². The predicted octanol–water partition coefficient (Wildman–Crippen LogP) is 1.93. The van der Waals surface area contributed by atoms with Crippen molar-refractivity contribution in [3.63, 3.8) is 0 Å². The fraction of sp³-hybridized carbons (Fsp3) is 0.333. The van der Waals surface area contributed by atoms with Gasteiger partial charge in [-0.05, 0) is 31.5 Å². The molecule has 0 saturated carbocycles. The molecule has 0 bridgehead atoms. The van der Waals surface area contributed by atoms with Crippen molar-refractivity contribution in [2.45, 2.75) is 26.0 Å². The fourth-order valence-corrected chi connectivity index (χ4v) is 1.98. The molecule has 4 nitrogen and oxygen atoms in total. The fourth-order valence-electron chi connectivity index (χ4n) is 1.62. The van der Waals surface area contributed by atoms with Crippen LogP contribution in [0.15, 0.2) is 33.8 Å². The second-order valence-corrected chi connectivity index (χ2v) is 4.96. The number of aliphatic hydroxyl groups is 1. The first-order valence-electron chi connectivity index (χ1n) is 5.40. The van der Waals surface area contributed by atoms with Crippen LogP contribution in [0, 0.1) is 0 Å². The van der Waals surface area contributed by atoms with E-state index in [-0.39, 0.29) is 5.56 Å². The smallest absolute Gasteiger partial charge is 0.261 e. The van der Waals surface area contributed by atoms with Crippen LogP contribution in [0.2, 0.25) is 0 Å². The largest absolute Gasteiger partial charge is 0.393 e. The molecule has 0 fully saturated rings. The molecule has 2 aromatic rings. The summed E-state index contributed by atoms with van der Waals surface area (Å²) in [4.78, 5) is 16.3. The number of halogens is 1. The molecule has 1 unspecified atom stereocenters. The zero-order valence-corrected chi connectivity index (χ0v) is 11.0. The molecule has 1 heterocycles. The number of hydrogen-bond donors (Lipinski definition) is 1. The summed E-state index contributed by atoms with van der Waals surface area (Å²) in [5, 5.41) is 9.81. The summed E-state index contributed by atoms with van der Waals surface area (Å²) in [5.74, 6) is 0. The number of hydrogen-bond acceptors (Lipinski definition) is 3. The molecule has 0 aliphatic heterocycles. The first kappa shape index (κ1) is 12.3. The van der Waals surface area contributed by atoms with E-state index in [1.165, 1.54) is 10.9 Å². The average molecular weight is 297 g/mol. The van der Waals surface area contributed by atoms with Crippen molar-refractivity contribution < 1.29 is 5.11 Å². The highest BCUT2D eigenvalue weighted by atomic mass is 79.9. The minimum Gasteiger partial charge on any atom is -0.393 e. The topological polar surface area (TPSA) is 55.1 Å². The van der Waals surface area contributed by atoms with Gasteiger partial charge in [-0.2, -0.15) is 0 Å². The first-order valence-corrected chi connectivity index (χ1v) is 6.20. The van der Waals surface area contributed by atoms with E-state index in [1.807, 2.05) is 6.07 Å². The molecule has 1 N–H and O–H groups in total. The molecule has 1 aromatic heterocycles. The Hall–Kier alpha value is -1.20. The number of fused-ring (bicyclic) bond motifs is 1. The van der Waals surface area contributed by atoms with Crippen LogP contribution in [0.5, 0.6) is 0 Å². The van der Waals surface area contributed by atoms with E-state index in [1.54, 1.807) is 19.1 Å². The van der Waals surface area contributed by atoms with Gasteiger partial charge in [0.1, 0.15) is 0 Å². The summed E-state index contributed by atoms with van der Waals surface area (Å²) in [7, 11) is 0. The van der Waals surface area contributed by atoms with E-state index in [0.717, 1.165) is 4.47 Å². The third-order valence-corrected chi connectivity index (χ3v) is 3.07. The minimum atomic E-state index is -0.417. The van der Waals surface area contributed by atoms with Gasteiger partial charge in [0.2, 0.25) is 0 Å². The Balaban J connectivity index is 2.46. The highest BCUT2D eigenvalue weighted by Crippen LogP contribution is 2.14. The Kier molecular flexibility index (Phi) is 3.59. The van der Waals surface area contributed by atoms with E-state index in [9.17, 15) is 9.90 Å². The molecular weight excluding hydrogens is 284 g/mol. The summed E-state index contributed by atoms with van der Waals surface area (Å²) in [6.45, 7) is 2.18. The molecular formula is C12H13BrN2O2. The molecule has 0 radical (unpaired) electrons. The van der Waals surface area contributed by atoms with E-state index in [2.05, 4.69) is 20.9 Å². The Bertz CT molecular complexity index is 593. The molecule has 0 aliphatic carbocycles. The molecule has 0 amide bonds. The molecule has 17 heavy (non-hydrogen) atoms. The van der Waals surface area contributed by atoms with Crippen LogP contribution >= 0.6 is 15.9 Å². The van der Waals surface area contributed by atoms with Crippen molar-refractivity contribution in [1.82, 2.24) is 9.55 Å². The quantitative estimate of drug-likeness (QED) is 0.942. The number of rotatable bonds is 3.